The maximum atomic E-state index is 15.1. The number of nitrogens with two attached hydrogens (primary N) is 1. The summed E-state index contributed by atoms with van der Waals surface area (Å²) in [6.07, 6.45) is -5.57. The van der Waals surface area contributed by atoms with Crippen molar-refractivity contribution in [2.24, 2.45) is 0 Å². The molecule has 22 heavy (non-hydrogen) atoms. The molecule has 0 bridgehead atoms. The van der Waals surface area contributed by atoms with Gasteiger partial charge in [-0.25, -0.2) is 13.6 Å². The lowest BCUT2D eigenvalue weighted by Gasteiger charge is -2.24. The average Bonchev–Trinajstić information content (AvgIpc) is 2.68. The Bertz CT molecular complexity index is 697. The molecule has 5 atom stereocenters. The number of hydrogen-bond acceptors (Lipinski definition) is 6. The second kappa shape index (κ2) is 5.64. The number of aliphatic hydroxyl groups excluding tert-OH is 2. The van der Waals surface area contributed by atoms with Crippen LogP contribution in [0.1, 0.15) is 20.1 Å². The van der Waals surface area contributed by atoms with Gasteiger partial charge in [0.2, 0.25) is 5.67 Å². The van der Waals surface area contributed by atoms with E-state index < -0.39 is 47.5 Å². The van der Waals surface area contributed by atoms with Gasteiger partial charge in [0, 0.05) is 0 Å². The van der Waals surface area contributed by atoms with Gasteiger partial charge in [0.1, 0.15) is 12.2 Å². The molecule has 9 heteroatoms. The van der Waals surface area contributed by atoms with Gasteiger partial charge < -0.3 is 20.7 Å². The van der Waals surface area contributed by atoms with E-state index in [2.05, 4.69) is 16.8 Å². The van der Waals surface area contributed by atoms with Crippen molar-refractivity contribution in [3.63, 3.8) is 0 Å². The van der Waals surface area contributed by atoms with Gasteiger partial charge >= 0.3 is 5.69 Å². The first-order chi connectivity index (χ1) is 10.2. The number of halogens is 2. The quantitative estimate of drug-likeness (QED) is 0.625. The Morgan fingerprint density at radius 2 is 2.27 bits per heavy atom. The molecule has 0 aromatic carbocycles. The van der Waals surface area contributed by atoms with Crippen LogP contribution in [0.2, 0.25) is 0 Å². The zero-order valence-corrected chi connectivity index (χ0v) is 11.8. The normalized spacial score (nSPS) is 32.4. The number of aromatic nitrogens is 2. The van der Waals surface area contributed by atoms with Crippen molar-refractivity contribution in [2.75, 3.05) is 5.73 Å². The maximum Gasteiger partial charge on any atom is 0.351 e. The van der Waals surface area contributed by atoms with E-state index in [9.17, 15) is 19.4 Å². The smallest absolute Gasteiger partial charge is 0.351 e. The molecule has 1 unspecified atom stereocenters. The number of hydrogen-bond donors (Lipinski definition) is 3. The molecule has 4 N–H and O–H groups in total. The van der Waals surface area contributed by atoms with Crippen LogP contribution in [0.5, 0.6) is 0 Å². The van der Waals surface area contributed by atoms with Crippen LogP contribution in [0.15, 0.2) is 11.0 Å². The Morgan fingerprint density at radius 3 is 2.82 bits per heavy atom. The summed E-state index contributed by atoms with van der Waals surface area (Å²) in [4.78, 5) is 15.0. The second-order valence-electron chi connectivity index (χ2n) is 4.95. The fourth-order valence-corrected chi connectivity index (χ4v) is 2.31. The van der Waals surface area contributed by atoms with E-state index in [-0.39, 0.29) is 0 Å². The van der Waals surface area contributed by atoms with Crippen molar-refractivity contribution < 1.29 is 23.7 Å². The minimum absolute atomic E-state index is 0.516. The van der Waals surface area contributed by atoms with Crippen molar-refractivity contribution in [1.29, 1.82) is 0 Å². The molecule has 0 spiro atoms. The van der Waals surface area contributed by atoms with Gasteiger partial charge in [-0.15, -0.1) is 5.92 Å². The first-order valence-electron chi connectivity index (χ1n) is 6.41. The lowest BCUT2D eigenvalue weighted by atomic mass is 9.94. The molecule has 0 radical (unpaired) electrons. The molecule has 0 amide bonds. The van der Waals surface area contributed by atoms with E-state index in [0.29, 0.717) is 10.8 Å². The molecule has 0 aliphatic carbocycles. The summed E-state index contributed by atoms with van der Waals surface area (Å²) >= 11 is 0. The van der Waals surface area contributed by atoms with Crippen LogP contribution in [0.4, 0.5) is 14.6 Å². The largest absolute Gasteiger partial charge is 0.391 e. The highest BCUT2D eigenvalue weighted by atomic mass is 19.1. The highest BCUT2D eigenvalue weighted by Gasteiger charge is 2.59. The first-order valence-corrected chi connectivity index (χ1v) is 6.41. The molecule has 7 nitrogen and oxygen atoms in total. The van der Waals surface area contributed by atoms with Crippen molar-refractivity contribution in [1.82, 2.24) is 9.55 Å². The molecule has 1 aliphatic rings. The summed E-state index contributed by atoms with van der Waals surface area (Å²) in [6.45, 7) is 2.60. The third kappa shape index (κ3) is 2.45. The minimum atomic E-state index is -2.72. The molecule has 1 aromatic heterocycles. The van der Waals surface area contributed by atoms with Gasteiger partial charge in [-0.1, -0.05) is 5.92 Å². The Labute approximate surface area is 124 Å². The lowest BCUT2D eigenvalue weighted by Crippen LogP contribution is -2.45. The molecule has 1 aromatic rings. The van der Waals surface area contributed by atoms with E-state index in [0.717, 1.165) is 0 Å². The highest BCUT2D eigenvalue weighted by Crippen LogP contribution is 2.41. The van der Waals surface area contributed by atoms with Gasteiger partial charge in [-0.2, -0.15) is 4.98 Å². The third-order valence-corrected chi connectivity index (χ3v) is 3.37. The van der Waals surface area contributed by atoms with Crippen molar-refractivity contribution in [3.05, 3.63) is 22.5 Å². The number of aliphatic hydroxyl groups is 2. The number of ether oxygens (including phenoxy) is 1. The summed E-state index contributed by atoms with van der Waals surface area (Å²) < 4.78 is 34.3. The van der Waals surface area contributed by atoms with Crippen LogP contribution >= 0.6 is 0 Å². The molecular weight excluding hydrogens is 300 g/mol. The Hall–Kier alpha value is -2.02. The van der Waals surface area contributed by atoms with E-state index in [4.69, 9.17) is 10.5 Å². The fourth-order valence-electron chi connectivity index (χ4n) is 2.31. The monoisotopic (exact) mass is 315 g/mol. The van der Waals surface area contributed by atoms with E-state index in [1.165, 1.54) is 13.8 Å². The Balaban J connectivity index is 2.59. The van der Waals surface area contributed by atoms with Gasteiger partial charge in [-0.05, 0) is 13.8 Å². The number of nitrogens with zero attached hydrogens (tertiary/aromatic N) is 2. The summed E-state index contributed by atoms with van der Waals surface area (Å²) in [5, 5.41) is 19.6. The molecule has 1 fully saturated rings. The Morgan fingerprint density at radius 1 is 1.64 bits per heavy atom. The standard InChI is InChI=1S/C13H15F2N3O4/c1-3-4-13(15)9(20)8(6(2)19)22-11(13)18-5-7(14)10(16)17-12(18)21/h5-6,8-9,11,19-20H,1-2H3,(H2,16,17,21)/t6-,8+,9?,11+,13+/m0/s1. The highest BCUT2D eigenvalue weighted by molar-refractivity contribution is 5.28. The van der Waals surface area contributed by atoms with Gasteiger partial charge in [0.15, 0.2) is 17.9 Å². The van der Waals surface area contributed by atoms with Crippen LogP contribution in [0.25, 0.3) is 0 Å². The molecular formula is C13H15F2N3O4. The molecule has 2 heterocycles. The van der Waals surface area contributed by atoms with Gasteiger partial charge in [0.25, 0.3) is 0 Å². The molecule has 1 saturated heterocycles. The number of alkyl halides is 1. The van der Waals surface area contributed by atoms with Crippen LogP contribution in [-0.2, 0) is 4.74 Å². The summed E-state index contributed by atoms with van der Waals surface area (Å²) in [5.41, 5.74) is 1.38. The van der Waals surface area contributed by atoms with Gasteiger partial charge in [0.05, 0.1) is 12.3 Å². The topological polar surface area (TPSA) is 111 Å². The van der Waals surface area contributed by atoms with Crippen LogP contribution in [-0.4, -0.2) is 43.7 Å². The minimum Gasteiger partial charge on any atom is -0.391 e. The number of anilines is 1. The lowest BCUT2D eigenvalue weighted by molar-refractivity contribution is -0.0805. The summed E-state index contributed by atoms with van der Waals surface area (Å²) in [7, 11) is 0. The molecule has 1 aliphatic heterocycles. The maximum absolute atomic E-state index is 15.1. The summed E-state index contributed by atoms with van der Waals surface area (Å²) in [5.74, 6) is 2.71. The fraction of sp³-hybridized carbons (Fsp3) is 0.538. The van der Waals surface area contributed by atoms with Crippen molar-refractivity contribution in [2.45, 2.75) is 44.1 Å². The van der Waals surface area contributed by atoms with Crippen LogP contribution in [0, 0.1) is 17.7 Å². The van der Waals surface area contributed by atoms with E-state index in [1.807, 2.05) is 0 Å². The predicted molar refractivity (Wildman–Crippen MR) is 71.8 cm³/mol. The third-order valence-electron chi connectivity index (χ3n) is 3.37. The van der Waals surface area contributed by atoms with Crippen LogP contribution in [0.3, 0.4) is 0 Å². The summed E-state index contributed by atoms with van der Waals surface area (Å²) in [6, 6.07) is 0. The average molecular weight is 315 g/mol. The molecule has 0 saturated carbocycles. The van der Waals surface area contributed by atoms with E-state index >= 15 is 4.39 Å². The SMILES string of the molecule is CC#C[C@@]1(F)C(O)[C@@H]([C@H](C)O)O[C@H]1n1cc(F)c(N)nc1=O. The number of nitrogen functional groups attached to an aromatic ring is 1. The number of rotatable bonds is 2. The second-order valence-corrected chi connectivity index (χ2v) is 4.95. The van der Waals surface area contributed by atoms with Gasteiger partial charge in [-0.3, -0.25) is 4.57 Å². The zero-order valence-electron chi connectivity index (χ0n) is 11.8. The van der Waals surface area contributed by atoms with E-state index in [1.54, 1.807) is 0 Å². The first kappa shape index (κ1) is 16.4. The predicted octanol–water partition coefficient (Wildman–Crippen LogP) is -0.665. The van der Waals surface area contributed by atoms with Crippen LogP contribution < -0.4 is 11.4 Å². The Kier molecular flexibility index (Phi) is 4.19. The van der Waals surface area contributed by atoms with Crippen molar-refractivity contribution in [3.8, 4) is 11.8 Å². The molecule has 120 valence electrons. The van der Waals surface area contributed by atoms with Crippen molar-refractivity contribution >= 4 is 5.82 Å². The molecule has 2 rings (SSSR count). The zero-order chi connectivity index (χ0) is 16.7.